The predicted octanol–water partition coefficient (Wildman–Crippen LogP) is 8.40. The molecule has 34 heavy (non-hydrogen) atoms. The highest BCUT2D eigenvalue weighted by Crippen LogP contribution is 2.31. The van der Waals surface area contributed by atoms with E-state index in [0.717, 1.165) is 6.54 Å². The van der Waals surface area contributed by atoms with Crippen molar-refractivity contribution in [3.05, 3.63) is 47.5 Å². The van der Waals surface area contributed by atoms with Crippen LogP contribution in [-0.2, 0) is 6.54 Å². The highest BCUT2D eigenvalue weighted by atomic mass is 16.4. The van der Waals surface area contributed by atoms with Gasteiger partial charge >= 0.3 is 7.69 Å². The molecular weight excluding hydrogens is 417 g/mol. The molecular formula is C30H47BNO2. The number of nitrogens with zero attached hydrogens (tertiary/aromatic N) is 1. The number of aromatic nitrogens is 1. The second-order valence-electron chi connectivity index (χ2n) is 9.90. The summed E-state index contributed by atoms with van der Waals surface area (Å²) in [5.41, 5.74) is 5.51. The first-order chi connectivity index (χ1) is 16.6. The molecule has 187 valence electrons. The van der Waals surface area contributed by atoms with Gasteiger partial charge in [-0.1, -0.05) is 114 Å². The molecule has 2 aromatic carbocycles. The lowest BCUT2D eigenvalue weighted by Gasteiger charge is -2.08. The lowest BCUT2D eigenvalue weighted by molar-refractivity contribution is 0.448. The molecule has 0 amide bonds. The fourth-order valence-electron chi connectivity index (χ4n) is 5.04. The monoisotopic (exact) mass is 464 g/mol. The Balaban J connectivity index is 0.00000129. The third kappa shape index (κ3) is 9.46. The van der Waals surface area contributed by atoms with Crippen LogP contribution in [0.25, 0.3) is 21.8 Å². The van der Waals surface area contributed by atoms with E-state index in [9.17, 15) is 0 Å². The maximum atomic E-state index is 7.00. The zero-order chi connectivity index (χ0) is 24.6. The Morgan fingerprint density at radius 2 is 0.941 bits per heavy atom. The number of hydrogen-bond donors (Lipinski definition) is 2. The third-order valence-corrected chi connectivity index (χ3v) is 6.91. The highest BCUT2D eigenvalue weighted by Gasteiger charge is 2.10. The summed E-state index contributed by atoms with van der Waals surface area (Å²) in [5.74, 6) is 0. The van der Waals surface area contributed by atoms with Crippen molar-refractivity contribution < 1.29 is 10.0 Å². The fraction of sp³-hybridized carbons (Fsp3) is 0.600. The molecule has 0 atom stereocenters. The zero-order valence-corrected chi connectivity index (χ0v) is 22.0. The summed E-state index contributed by atoms with van der Waals surface area (Å²) in [4.78, 5) is 0. The minimum Gasteiger partial charge on any atom is -0.429 e. The minimum atomic E-state index is 0. The van der Waals surface area contributed by atoms with Gasteiger partial charge in [0.25, 0.3) is 0 Å². The van der Waals surface area contributed by atoms with Gasteiger partial charge in [-0.2, -0.15) is 0 Å². The second kappa shape index (κ2) is 16.8. The molecule has 0 aliphatic carbocycles. The Labute approximate surface area is 208 Å². The van der Waals surface area contributed by atoms with Gasteiger partial charge in [0.1, 0.15) is 0 Å². The first-order valence-electron chi connectivity index (χ1n) is 13.7. The van der Waals surface area contributed by atoms with Gasteiger partial charge in [-0.25, -0.2) is 0 Å². The van der Waals surface area contributed by atoms with Crippen molar-refractivity contribution in [2.24, 2.45) is 0 Å². The van der Waals surface area contributed by atoms with Crippen LogP contribution in [0.15, 0.2) is 36.4 Å². The maximum absolute atomic E-state index is 7.00. The first-order valence-corrected chi connectivity index (χ1v) is 13.7. The number of unbranched alkanes of at least 4 members (excludes halogenated alkanes) is 13. The average molecular weight is 465 g/mol. The van der Waals surface area contributed by atoms with E-state index in [2.05, 4.69) is 61.7 Å². The molecule has 4 heteroatoms. The standard InChI is InChI=1S/C30H45N.BH2O2/c1-4-5-6-7-8-9-10-11-12-13-14-15-16-17-22-31-29-20-18-25(2)23-27(29)28-24-26(3)19-21-30(28)31;2-1-3/h18-21,23-24H,4-17,22H2,1-3H3;2-3H. The Morgan fingerprint density at radius 3 is 1.32 bits per heavy atom. The van der Waals surface area contributed by atoms with E-state index in [4.69, 9.17) is 10.0 Å². The molecule has 3 nitrogen and oxygen atoms in total. The number of benzene rings is 2. The zero-order valence-electron chi connectivity index (χ0n) is 22.0. The molecule has 1 radical (unpaired) electrons. The van der Waals surface area contributed by atoms with E-state index in [0.29, 0.717) is 0 Å². The van der Waals surface area contributed by atoms with E-state index < -0.39 is 0 Å². The quantitative estimate of drug-likeness (QED) is 0.175. The van der Waals surface area contributed by atoms with Gasteiger partial charge in [0.05, 0.1) is 0 Å². The van der Waals surface area contributed by atoms with Crippen molar-refractivity contribution in [2.45, 2.75) is 117 Å². The van der Waals surface area contributed by atoms with Gasteiger partial charge in [0.2, 0.25) is 0 Å². The van der Waals surface area contributed by atoms with Gasteiger partial charge in [-0.15, -0.1) is 0 Å². The smallest absolute Gasteiger partial charge is 0.429 e. The van der Waals surface area contributed by atoms with Gasteiger partial charge in [-0.05, 0) is 44.5 Å². The summed E-state index contributed by atoms with van der Waals surface area (Å²) in [5, 5.41) is 16.8. The lowest BCUT2D eigenvalue weighted by Crippen LogP contribution is -1.97. The Bertz CT molecular complexity index is 891. The normalized spacial score (nSPS) is 11.1. The van der Waals surface area contributed by atoms with Crippen molar-refractivity contribution in [3.63, 3.8) is 0 Å². The molecule has 0 spiro atoms. The molecule has 0 fully saturated rings. The van der Waals surface area contributed by atoms with Crippen LogP contribution >= 0.6 is 0 Å². The minimum absolute atomic E-state index is 0. The molecule has 2 N–H and O–H groups in total. The molecule has 0 bridgehead atoms. The summed E-state index contributed by atoms with van der Waals surface area (Å²) >= 11 is 0. The topological polar surface area (TPSA) is 45.4 Å². The summed E-state index contributed by atoms with van der Waals surface area (Å²) < 4.78 is 2.56. The van der Waals surface area contributed by atoms with Gasteiger partial charge in [0.15, 0.2) is 0 Å². The number of rotatable bonds is 15. The van der Waals surface area contributed by atoms with Gasteiger partial charge in [-0.3, -0.25) is 0 Å². The van der Waals surface area contributed by atoms with E-state index >= 15 is 0 Å². The maximum Gasteiger partial charge on any atom is 0.482 e. The van der Waals surface area contributed by atoms with Crippen molar-refractivity contribution >= 4 is 29.5 Å². The largest absolute Gasteiger partial charge is 0.482 e. The summed E-state index contributed by atoms with van der Waals surface area (Å²) in [6.45, 7) is 7.84. The van der Waals surface area contributed by atoms with Crippen LogP contribution in [0.1, 0.15) is 108 Å². The summed E-state index contributed by atoms with van der Waals surface area (Å²) in [7, 11) is 0. The Kier molecular flexibility index (Phi) is 14.1. The Morgan fingerprint density at radius 1 is 0.588 bits per heavy atom. The van der Waals surface area contributed by atoms with Crippen LogP contribution in [0.3, 0.4) is 0 Å². The molecule has 0 aliphatic heterocycles. The van der Waals surface area contributed by atoms with Crippen molar-refractivity contribution in [1.82, 2.24) is 4.57 Å². The molecule has 1 aromatic heterocycles. The van der Waals surface area contributed by atoms with Gasteiger partial charge < -0.3 is 14.6 Å². The Hall–Kier alpha value is -1.78. The SMILES string of the molecule is CCCCCCCCCCCCCCCCn1c2ccc(C)cc2c2cc(C)ccc21.O[B]O. The second-order valence-corrected chi connectivity index (χ2v) is 9.90. The van der Waals surface area contributed by atoms with E-state index in [1.165, 1.54) is 123 Å². The predicted molar refractivity (Wildman–Crippen MR) is 149 cm³/mol. The van der Waals surface area contributed by atoms with Crippen LogP contribution < -0.4 is 0 Å². The van der Waals surface area contributed by atoms with Crippen molar-refractivity contribution in [2.75, 3.05) is 0 Å². The van der Waals surface area contributed by atoms with E-state index in [1.807, 2.05) is 0 Å². The van der Waals surface area contributed by atoms with Crippen LogP contribution in [0.2, 0.25) is 0 Å². The molecule has 0 aliphatic rings. The molecule has 1 heterocycles. The molecule has 3 rings (SSSR count). The fourth-order valence-corrected chi connectivity index (χ4v) is 5.04. The highest BCUT2D eigenvalue weighted by molar-refractivity contribution is 6.13. The van der Waals surface area contributed by atoms with Crippen LogP contribution in [0, 0.1) is 13.8 Å². The number of aryl methyl sites for hydroxylation is 3. The van der Waals surface area contributed by atoms with Crippen molar-refractivity contribution in [3.8, 4) is 0 Å². The van der Waals surface area contributed by atoms with Crippen molar-refractivity contribution in [1.29, 1.82) is 0 Å². The molecule has 0 saturated heterocycles. The van der Waals surface area contributed by atoms with E-state index in [-0.39, 0.29) is 7.69 Å². The third-order valence-electron chi connectivity index (χ3n) is 6.91. The summed E-state index contributed by atoms with van der Waals surface area (Å²) in [6.07, 6.45) is 19.9. The summed E-state index contributed by atoms with van der Waals surface area (Å²) in [6, 6.07) is 13.9. The number of hydrogen-bond acceptors (Lipinski definition) is 2. The molecule has 3 aromatic rings. The molecule has 0 saturated carbocycles. The van der Waals surface area contributed by atoms with Crippen LogP contribution in [0.5, 0.6) is 0 Å². The average Bonchev–Trinajstić information content (AvgIpc) is 3.12. The van der Waals surface area contributed by atoms with Crippen LogP contribution in [-0.4, -0.2) is 22.3 Å². The first kappa shape index (κ1) is 28.5. The van der Waals surface area contributed by atoms with E-state index in [1.54, 1.807) is 0 Å². The van der Waals surface area contributed by atoms with Crippen LogP contribution in [0.4, 0.5) is 0 Å². The molecule has 0 unspecified atom stereocenters. The number of fused-ring (bicyclic) bond motifs is 3. The lowest BCUT2D eigenvalue weighted by atomic mass is 10.0. The van der Waals surface area contributed by atoms with Gasteiger partial charge in [0, 0.05) is 28.4 Å².